The number of methoxy groups -OCH3 is 2. The van der Waals surface area contributed by atoms with Crippen LogP contribution in [0.1, 0.15) is 6.23 Å². The van der Waals surface area contributed by atoms with Crippen molar-refractivity contribution in [3.05, 3.63) is 16.7 Å². The van der Waals surface area contributed by atoms with Gasteiger partial charge in [-0.2, -0.15) is 4.98 Å². The van der Waals surface area contributed by atoms with Crippen LogP contribution in [0.25, 0.3) is 11.2 Å². The first kappa shape index (κ1) is 15.9. The smallest absolute Gasteiger partial charge is 0.280 e. The Morgan fingerprint density at radius 2 is 2.30 bits per heavy atom. The number of aliphatic hydroxyl groups excluding tert-OH is 1. The standard InChI is InChI=1S/C13H19N5O5/c1-21-4-7-6(3-19)9(22-2)12(23-7)18-5-15-8-10(18)16-13(14)17-11(8)20/h5-7,9,12,19H,3-4H2,1-2H3,(H3,14,16,17,20)/t6?,7-,9?,12-/m1/s1. The lowest BCUT2D eigenvalue weighted by Gasteiger charge is -2.21. The molecule has 2 aromatic heterocycles. The number of nitrogens with one attached hydrogen (secondary N) is 1. The Labute approximate surface area is 131 Å². The van der Waals surface area contributed by atoms with Gasteiger partial charge in [-0.15, -0.1) is 0 Å². The number of fused-ring (bicyclic) bond motifs is 1. The first-order valence-electron chi connectivity index (χ1n) is 7.11. The van der Waals surface area contributed by atoms with Crippen molar-refractivity contribution in [1.82, 2.24) is 19.5 Å². The molecular formula is C13H19N5O5. The van der Waals surface area contributed by atoms with Crippen LogP contribution in [-0.2, 0) is 14.2 Å². The Hall–Kier alpha value is -2.01. The fraction of sp³-hybridized carbons (Fsp3) is 0.615. The number of nitrogens with zero attached hydrogens (tertiary/aromatic N) is 3. The highest BCUT2D eigenvalue weighted by molar-refractivity contribution is 5.70. The molecule has 1 saturated heterocycles. The van der Waals surface area contributed by atoms with Gasteiger partial charge in [-0.1, -0.05) is 0 Å². The lowest BCUT2D eigenvalue weighted by molar-refractivity contribution is -0.0627. The second kappa shape index (κ2) is 6.24. The molecule has 0 saturated carbocycles. The van der Waals surface area contributed by atoms with E-state index in [1.165, 1.54) is 13.4 Å². The first-order chi connectivity index (χ1) is 11.1. The van der Waals surface area contributed by atoms with Crippen molar-refractivity contribution in [3.8, 4) is 0 Å². The molecule has 0 radical (unpaired) electrons. The molecule has 0 aromatic carbocycles. The summed E-state index contributed by atoms with van der Waals surface area (Å²) in [4.78, 5) is 22.5. The van der Waals surface area contributed by atoms with Crippen LogP contribution in [-0.4, -0.2) is 64.3 Å². The summed E-state index contributed by atoms with van der Waals surface area (Å²) >= 11 is 0. The Bertz CT molecular complexity index is 744. The van der Waals surface area contributed by atoms with Crippen molar-refractivity contribution in [2.45, 2.75) is 18.4 Å². The van der Waals surface area contributed by atoms with Crippen molar-refractivity contribution >= 4 is 17.1 Å². The zero-order chi connectivity index (χ0) is 16.6. The number of hydrogen-bond donors (Lipinski definition) is 3. The summed E-state index contributed by atoms with van der Waals surface area (Å²) in [5.74, 6) is -0.287. The summed E-state index contributed by atoms with van der Waals surface area (Å²) in [5.41, 5.74) is 5.64. The topological polar surface area (TPSA) is 138 Å². The molecule has 0 aliphatic carbocycles. The third-order valence-corrected chi connectivity index (χ3v) is 4.03. The second-order valence-electron chi connectivity index (χ2n) is 5.34. The minimum atomic E-state index is -0.601. The number of nitrogens with two attached hydrogens (primary N) is 1. The quantitative estimate of drug-likeness (QED) is 0.628. The molecule has 2 aromatic rings. The van der Waals surface area contributed by atoms with E-state index in [4.69, 9.17) is 19.9 Å². The average molecular weight is 325 g/mol. The van der Waals surface area contributed by atoms with Crippen LogP contribution >= 0.6 is 0 Å². The summed E-state index contributed by atoms with van der Waals surface area (Å²) in [6, 6.07) is 0. The average Bonchev–Trinajstić information content (AvgIpc) is 3.08. The third kappa shape index (κ3) is 2.59. The van der Waals surface area contributed by atoms with E-state index in [1.54, 1.807) is 11.7 Å². The van der Waals surface area contributed by atoms with Crippen LogP contribution in [0.3, 0.4) is 0 Å². The normalized spacial score (nSPS) is 27.8. The number of ether oxygens (including phenoxy) is 3. The van der Waals surface area contributed by atoms with E-state index in [0.29, 0.717) is 12.3 Å². The number of anilines is 1. The first-order valence-corrected chi connectivity index (χ1v) is 7.11. The van der Waals surface area contributed by atoms with Crippen LogP contribution in [0.15, 0.2) is 11.1 Å². The third-order valence-electron chi connectivity index (χ3n) is 4.03. The molecule has 0 spiro atoms. The number of rotatable bonds is 5. The maximum atomic E-state index is 11.9. The van der Waals surface area contributed by atoms with Crippen molar-refractivity contribution in [2.75, 3.05) is 33.2 Å². The Morgan fingerprint density at radius 3 is 2.96 bits per heavy atom. The van der Waals surface area contributed by atoms with E-state index < -0.39 is 17.9 Å². The predicted octanol–water partition coefficient (Wildman–Crippen LogP) is -1.13. The summed E-state index contributed by atoms with van der Waals surface area (Å²) < 4.78 is 18.2. The summed E-state index contributed by atoms with van der Waals surface area (Å²) in [5, 5.41) is 9.65. The van der Waals surface area contributed by atoms with Gasteiger partial charge in [0.25, 0.3) is 5.56 Å². The number of hydrogen-bond acceptors (Lipinski definition) is 8. The molecule has 3 heterocycles. The molecule has 10 heteroatoms. The minimum Gasteiger partial charge on any atom is -0.396 e. The molecule has 4 atom stereocenters. The van der Waals surface area contributed by atoms with Gasteiger partial charge in [-0.3, -0.25) is 14.3 Å². The van der Waals surface area contributed by atoms with Crippen LogP contribution in [0, 0.1) is 5.92 Å². The van der Waals surface area contributed by atoms with Gasteiger partial charge in [0.15, 0.2) is 17.4 Å². The molecule has 1 fully saturated rings. The van der Waals surface area contributed by atoms with E-state index in [2.05, 4.69) is 15.0 Å². The van der Waals surface area contributed by atoms with Crippen LogP contribution < -0.4 is 11.3 Å². The Morgan fingerprint density at radius 1 is 1.52 bits per heavy atom. The number of aliphatic hydroxyl groups is 1. The van der Waals surface area contributed by atoms with Crippen LogP contribution in [0.2, 0.25) is 0 Å². The van der Waals surface area contributed by atoms with Gasteiger partial charge >= 0.3 is 0 Å². The highest BCUT2D eigenvalue weighted by Crippen LogP contribution is 2.36. The maximum Gasteiger partial charge on any atom is 0.280 e. The lowest BCUT2D eigenvalue weighted by atomic mass is 9.99. The predicted molar refractivity (Wildman–Crippen MR) is 79.7 cm³/mol. The zero-order valence-corrected chi connectivity index (χ0v) is 12.8. The van der Waals surface area contributed by atoms with Crippen molar-refractivity contribution < 1.29 is 19.3 Å². The highest BCUT2D eigenvalue weighted by atomic mass is 16.6. The molecule has 10 nitrogen and oxygen atoms in total. The van der Waals surface area contributed by atoms with Gasteiger partial charge in [-0.05, 0) is 0 Å². The SMILES string of the molecule is COC[C@H]1O[C@@H](n2cnc3c(=O)[nH]c(N)nc32)C(OC)C1CO. The minimum absolute atomic E-state index is 0.0108. The Kier molecular flexibility index (Phi) is 4.31. The molecule has 1 aliphatic rings. The van der Waals surface area contributed by atoms with E-state index in [0.717, 1.165) is 0 Å². The number of imidazole rings is 1. The van der Waals surface area contributed by atoms with Gasteiger partial charge in [0.1, 0.15) is 6.10 Å². The fourth-order valence-corrected chi connectivity index (χ4v) is 2.97. The second-order valence-corrected chi connectivity index (χ2v) is 5.34. The summed E-state index contributed by atoms with van der Waals surface area (Å²) in [6.07, 6.45) is 0.0553. The van der Waals surface area contributed by atoms with Gasteiger partial charge in [0, 0.05) is 20.1 Å². The molecule has 1 aliphatic heterocycles. The van der Waals surface area contributed by atoms with E-state index >= 15 is 0 Å². The lowest BCUT2D eigenvalue weighted by Crippen LogP contribution is -2.32. The van der Waals surface area contributed by atoms with Gasteiger partial charge in [-0.25, -0.2) is 4.98 Å². The van der Waals surface area contributed by atoms with Crippen molar-refractivity contribution in [3.63, 3.8) is 0 Å². The molecule has 3 rings (SSSR count). The molecule has 0 bridgehead atoms. The molecule has 23 heavy (non-hydrogen) atoms. The zero-order valence-electron chi connectivity index (χ0n) is 12.8. The number of nitrogen functional groups attached to an aromatic ring is 1. The number of H-pyrrole nitrogens is 1. The monoisotopic (exact) mass is 325 g/mol. The highest BCUT2D eigenvalue weighted by Gasteiger charge is 2.46. The molecule has 0 amide bonds. The van der Waals surface area contributed by atoms with E-state index in [9.17, 15) is 9.90 Å². The largest absolute Gasteiger partial charge is 0.396 e. The number of aromatic amines is 1. The van der Waals surface area contributed by atoms with E-state index in [-0.39, 0.29) is 30.1 Å². The van der Waals surface area contributed by atoms with Gasteiger partial charge in [0.2, 0.25) is 5.95 Å². The summed E-state index contributed by atoms with van der Waals surface area (Å²) in [6.45, 7) is 0.191. The Balaban J connectivity index is 2.05. The van der Waals surface area contributed by atoms with Crippen LogP contribution in [0.5, 0.6) is 0 Å². The molecular weight excluding hydrogens is 306 g/mol. The van der Waals surface area contributed by atoms with Crippen molar-refractivity contribution in [2.24, 2.45) is 5.92 Å². The van der Waals surface area contributed by atoms with Gasteiger partial charge < -0.3 is 25.1 Å². The molecule has 2 unspecified atom stereocenters. The maximum absolute atomic E-state index is 11.9. The number of aromatic nitrogens is 4. The van der Waals surface area contributed by atoms with Crippen molar-refractivity contribution in [1.29, 1.82) is 0 Å². The van der Waals surface area contributed by atoms with Crippen LogP contribution in [0.4, 0.5) is 5.95 Å². The summed E-state index contributed by atoms with van der Waals surface area (Å²) in [7, 11) is 3.09. The van der Waals surface area contributed by atoms with E-state index in [1.807, 2.05) is 0 Å². The van der Waals surface area contributed by atoms with Gasteiger partial charge in [0.05, 0.1) is 25.6 Å². The molecule has 4 N–H and O–H groups in total. The fourth-order valence-electron chi connectivity index (χ4n) is 2.97. The molecule has 126 valence electrons.